The number of nitrogens with zero attached hydrogens (tertiary/aromatic N) is 1. The second-order valence-electron chi connectivity index (χ2n) is 10.8. The van der Waals surface area contributed by atoms with Gasteiger partial charge in [0.25, 0.3) is 0 Å². The maximum absolute atomic E-state index is 14.6. The number of nitrogens with one attached hydrogen (secondary N) is 1. The van der Waals surface area contributed by atoms with Crippen molar-refractivity contribution < 1.29 is 23.2 Å². The number of aromatic nitrogens is 1. The van der Waals surface area contributed by atoms with E-state index < -0.39 is 30.2 Å². The number of fused-ring (bicyclic) bond motifs is 3. The molecular formula is C30H32BFN2O4. The fraction of sp³-hybridized carbons (Fsp3) is 0.333. The van der Waals surface area contributed by atoms with Crippen LogP contribution in [0.1, 0.15) is 56.1 Å². The second kappa shape index (κ2) is 10.0. The molecule has 5 rings (SSSR count). The zero-order valence-corrected chi connectivity index (χ0v) is 22.4. The Morgan fingerprint density at radius 1 is 1.00 bits per heavy atom. The Morgan fingerprint density at radius 2 is 1.58 bits per heavy atom. The van der Waals surface area contributed by atoms with E-state index in [9.17, 15) is 9.18 Å². The number of pyridine rings is 1. The Bertz CT molecular complexity index is 1340. The van der Waals surface area contributed by atoms with Crippen LogP contribution in [0.25, 0.3) is 17.2 Å². The maximum Gasteiger partial charge on any atom is 0.492 e. The lowest BCUT2D eigenvalue weighted by molar-refractivity contribution is 0.00578. The van der Waals surface area contributed by atoms with Gasteiger partial charge in [0.15, 0.2) is 0 Å². The first kappa shape index (κ1) is 26.1. The van der Waals surface area contributed by atoms with Gasteiger partial charge < -0.3 is 19.4 Å². The molecule has 1 N–H and O–H groups in total. The van der Waals surface area contributed by atoms with Crippen molar-refractivity contribution in [2.45, 2.75) is 51.7 Å². The van der Waals surface area contributed by atoms with Crippen LogP contribution in [0.3, 0.4) is 0 Å². The normalized spacial score (nSPS) is 17.7. The molecule has 6 nitrogen and oxygen atoms in total. The standard InChI is InChI=1S/C30H32BFN2O4/c1-19-14-15-26(32)27(34-19)16-20(31-37-29(2,3)30(4,5)38-31)17-33-28(35)36-18-25-23-12-8-6-10-21(23)22-11-7-9-13-24(22)25/h6-16,25H,17-18H2,1-5H3,(H,33,35). The van der Waals surface area contributed by atoms with Gasteiger partial charge in [-0.3, -0.25) is 4.98 Å². The van der Waals surface area contributed by atoms with Crippen molar-refractivity contribution in [2.75, 3.05) is 13.2 Å². The van der Waals surface area contributed by atoms with E-state index in [-0.39, 0.29) is 24.8 Å². The molecule has 38 heavy (non-hydrogen) atoms. The van der Waals surface area contributed by atoms with Gasteiger partial charge in [0.1, 0.15) is 12.4 Å². The Morgan fingerprint density at radius 3 is 2.18 bits per heavy atom. The van der Waals surface area contributed by atoms with Crippen LogP contribution in [0, 0.1) is 12.7 Å². The zero-order chi connectivity index (χ0) is 27.1. The lowest BCUT2D eigenvalue weighted by Crippen LogP contribution is -2.41. The van der Waals surface area contributed by atoms with Crippen LogP contribution < -0.4 is 5.32 Å². The van der Waals surface area contributed by atoms with Crippen molar-refractivity contribution in [3.63, 3.8) is 0 Å². The molecule has 0 radical (unpaired) electrons. The number of ether oxygens (including phenoxy) is 1. The SMILES string of the molecule is Cc1ccc(F)c(C=C(CNC(=O)OCC2c3ccccc3-c3ccccc32)B2OC(C)(C)C(C)(C)O2)n1. The predicted octanol–water partition coefficient (Wildman–Crippen LogP) is 6.08. The number of rotatable bonds is 6. The molecule has 2 heterocycles. The van der Waals surface area contributed by atoms with Crippen molar-refractivity contribution >= 4 is 19.3 Å². The Kier molecular flexibility index (Phi) is 6.88. The van der Waals surface area contributed by atoms with Gasteiger partial charge in [-0.2, -0.15) is 0 Å². The first-order valence-corrected chi connectivity index (χ1v) is 12.8. The summed E-state index contributed by atoms with van der Waals surface area (Å²) in [5, 5.41) is 2.80. The minimum absolute atomic E-state index is 0.0442. The topological polar surface area (TPSA) is 69.7 Å². The monoisotopic (exact) mass is 514 g/mol. The van der Waals surface area contributed by atoms with E-state index in [4.69, 9.17) is 14.0 Å². The number of carbonyl (C=O) groups is 1. The van der Waals surface area contributed by atoms with Crippen molar-refractivity contribution in [1.82, 2.24) is 10.3 Å². The highest BCUT2D eigenvalue weighted by Crippen LogP contribution is 2.44. The number of halogens is 1. The average molecular weight is 514 g/mol. The quantitative estimate of drug-likeness (QED) is 0.404. The van der Waals surface area contributed by atoms with E-state index >= 15 is 0 Å². The molecule has 0 bridgehead atoms. The number of benzene rings is 2. The minimum atomic E-state index is -0.782. The van der Waals surface area contributed by atoms with Crippen LogP contribution >= 0.6 is 0 Å². The summed E-state index contributed by atoms with van der Waals surface area (Å²) >= 11 is 0. The summed E-state index contributed by atoms with van der Waals surface area (Å²) in [4.78, 5) is 17.1. The van der Waals surface area contributed by atoms with Gasteiger partial charge >= 0.3 is 13.2 Å². The van der Waals surface area contributed by atoms with E-state index in [0.717, 1.165) is 22.3 Å². The summed E-state index contributed by atoms with van der Waals surface area (Å²) in [7, 11) is -0.782. The molecule has 2 aliphatic rings. The molecule has 1 amide bonds. The summed E-state index contributed by atoms with van der Waals surface area (Å²) in [6.07, 6.45) is 1.00. The highest BCUT2D eigenvalue weighted by atomic mass is 19.1. The van der Waals surface area contributed by atoms with Crippen LogP contribution in [-0.2, 0) is 14.0 Å². The Labute approximate surface area is 223 Å². The van der Waals surface area contributed by atoms with E-state index in [1.54, 1.807) is 19.1 Å². The highest BCUT2D eigenvalue weighted by Gasteiger charge is 2.52. The smallest absolute Gasteiger partial charge is 0.449 e. The number of hydrogen-bond donors (Lipinski definition) is 1. The average Bonchev–Trinajstić information content (AvgIpc) is 3.31. The second-order valence-corrected chi connectivity index (χ2v) is 10.8. The highest BCUT2D eigenvalue weighted by molar-refractivity contribution is 6.56. The molecular weight excluding hydrogens is 482 g/mol. The molecule has 0 spiro atoms. The Balaban J connectivity index is 1.31. The molecule has 8 heteroatoms. The third kappa shape index (κ3) is 4.98. The fourth-order valence-corrected chi connectivity index (χ4v) is 4.86. The molecule has 1 aliphatic carbocycles. The number of aryl methyl sites for hydroxylation is 1. The third-order valence-electron chi connectivity index (χ3n) is 7.67. The summed E-state index contributed by atoms with van der Waals surface area (Å²) in [5.41, 5.74) is 4.78. The van der Waals surface area contributed by atoms with Crippen LogP contribution in [0.4, 0.5) is 9.18 Å². The van der Waals surface area contributed by atoms with Crippen LogP contribution in [0.2, 0.25) is 0 Å². The molecule has 1 fully saturated rings. The number of carbonyl (C=O) groups excluding carboxylic acids is 1. The molecule has 0 unspecified atom stereocenters. The predicted molar refractivity (Wildman–Crippen MR) is 146 cm³/mol. The van der Waals surface area contributed by atoms with Crippen LogP contribution in [0.15, 0.2) is 66.1 Å². The van der Waals surface area contributed by atoms with Crippen LogP contribution in [-0.4, -0.2) is 42.5 Å². The summed E-state index contributed by atoms with van der Waals surface area (Å²) in [6, 6.07) is 19.3. The van der Waals surface area contributed by atoms with E-state index in [1.165, 1.54) is 6.07 Å². The van der Waals surface area contributed by atoms with Gasteiger partial charge in [-0.15, -0.1) is 0 Å². The maximum atomic E-state index is 14.6. The van der Waals surface area contributed by atoms with Gasteiger partial charge in [0.2, 0.25) is 0 Å². The van der Waals surface area contributed by atoms with Gasteiger partial charge in [-0.1, -0.05) is 48.5 Å². The molecule has 0 atom stereocenters. The summed E-state index contributed by atoms with van der Waals surface area (Å²) < 4.78 is 32.6. The first-order valence-electron chi connectivity index (χ1n) is 12.8. The minimum Gasteiger partial charge on any atom is -0.449 e. The Hall–Kier alpha value is -3.49. The summed E-state index contributed by atoms with van der Waals surface area (Å²) in [6.45, 7) is 9.79. The summed E-state index contributed by atoms with van der Waals surface area (Å²) in [5.74, 6) is -0.511. The molecule has 1 aromatic heterocycles. The number of hydrogen-bond acceptors (Lipinski definition) is 5. The van der Waals surface area contributed by atoms with Gasteiger partial charge in [-0.25, -0.2) is 9.18 Å². The van der Waals surface area contributed by atoms with E-state index in [2.05, 4.69) is 34.6 Å². The zero-order valence-electron chi connectivity index (χ0n) is 22.4. The lowest BCUT2D eigenvalue weighted by Gasteiger charge is -2.32. The molecule has 0 saturated carbocycles. The molecule has 196 valence electrons. The molecule has 2 aromatic carbocycles. The number of amides is 1. The fourth-order valence-electron chi connectivity index (χ4n) is 4.86. The van der Waals surface area contributed by atoms with Crippen molar-refractivity contribution in [3.8, 4) is 11.1 Å². The molecule has 1 saturated heterocycles. The first-order chi connectivity index (χ1) is 18.1. The van der Waals surface area contributed by atoms with Gasteiger partial charge in [0.05, 0.1) is 16.9 Å². The molecule has 3 aromatic rings. The van der Waals surface area contributed by atoms with Crippen molar-refractivity contribution in [1.29, 1.82) is 0 Å². The van der Waals surface area contributed by atoms with Gasteiger partial charge in [0, 0.05) is 18.2 Å². The largest absolute Gasteiger partial charge is 0.492 e. The van der Waals surface area contributed by atoms with Gasteiger partial charge in [-0.05, 0) is 80.6 Å². The third-order valence-corrected chi connectivity index (χ3v) is 7.67. The number of alkyl carbamates (subject to hydrolysis) is 1. The lowest BCUT2D eigenvalue weighted by atomic mass is 9.77. The van der Waals surface area contributed by atoms with Crippen molar-refractivity contribution in [3.05, 3.63) is 94.5 Å². The van der Waals surface area contributed by atoms with E-state index in [1.807, 2.05) is 52.0 Å². The molecule has 1 aliphatic heterocycles. The van der Waals surface area contributed by atoms with Crippen molar-refractivity contribution in [2.24, 2.45) is 0 Å². The van der Waals surface area contributed by atoms with Crippen LogP contribution in [0.5, 0.6) is 0 Å². The van der Waals surface area contributed by atoms with E-state index in [0.29, 0.717) is 11.2 Å².